The van der Waals surface area contributed by atoms with Crippen molar-refractivity contribution in [3.8, 4) is 5.75 Å². The summed E-state index contributed by atoms with van der Waals surface area (Å²) in [5, 5.41) is 11.4. The fourth-order valence-electron chi connectivity index (χ4n) is 4.61. The van der Waals surface area contributed by atoms with Crippen molar-refractivity contribution in [1.82, 2.24) is 10.2 Å². The molecule has 1 aliphatic heterocycles. The summed E-state index contributed by atoms with van der Waals surface area (Å²) in [6.45, 7) is 4.35. The number of hydrogen-bond donors (Lipinski definition) is 2. The van der Waals surface area contributed by atoms with Crippen molar-refractivity contribution >= 4 is 29.4 Å². The number of halogens is 4. The fraction of sp³-hybridized carbons (Fsp3) is 0.433. The van der Waals surface area contributed by atoms with Crippen molar-refractivity contribution in [2.24, 2.45) is 0 Å². The summed E-state index contributed by atoms with van der Waals surface area (Å²) in [5.41, 5.74) is 1.28. The molecule has 14 heteroatoms. The monoisotopic (exact) mass is 624 g/mol. The summed E-state index contributed by atoms with van der Waals surface area (Å²) in [5.74, 6) is -14.3. The first-order valence-electron chi connectivity index (χ1n) is 13.6. The van der Waals surface area contributed by atoms with Gasteiger partial charge in [0.15, 0.2) is 29.3 Å². The Bertz CT molecular complexity index is 1420. The summed E-state index contributed by atoms with van der Waals surface area (Å²) in [7, 11) is 0. The summed E-state index contributed by atoms with van der Waals surface area (Å²) >= 11 is 0. The zero-order valence-electron chi connectivity index (χ0n) is 24.3. The van der Waals surface area contributed by atoms with Gasteiger partial charge in [-0.25, -0.2) is 8.78 Å². The molecule has 2 amide bonds. The lowest BCUT2D eigenvalue weighted by atomic mass is 9.82. The number of ether oxygens (including phenoxy) is 2. The summed E-state index contributed by atoms with van der Waals surface area (Å²) < 4.78 is 64.8. The van der Waals surface area contributed by atoms with Crippen LogP contribution in [0.1, 0.15) is 44.7 Å². The summed E-state index contributed by atoms with van der Waals surface area (Å²) in [6.07, 6.45) is -2.30. The van der Waals surface area contributed by atoms with Crippen LogP contribution in [-0.4, -0.2) is 77.8 Å². The van der Waals surface area contributed by atoms with Crippen LogP contribution in [0.4, 0.5) is 17.6 Å². The Labute approximate surface area is 250 Å². The van der Waals surface area contributed by atoms with E-state index >= 15 is 0 Å². The molecular weight excluding hydrogens is 592 g/mol. The van der Waals surface area contributed by atoms with Gasteiger partial charge in [-0.2, -0.15) is 8.78 Å². The van der Waals surface area contributed by atoms with Crippen molar-refractivity contribution < 1.29 is 56.1 Å². The Morgan fingerprint density at radius 2 is 1.70 bits per heavy atom. The third-order valence-corrected chi connectivity index (χ3v) is 6.79. The summed E-state index contributed by atoms with van der Waals surface area (Å²) in [6, 6.07) is 5.34. The molecular formula is C30H32F4N2O8. The Morgan fingerprint density at radius 3 is 2.32 bits per heavy atom. The van der Waals surface area contributed by atoms with Gasteiger partial charge in [0, 0.05) is 25.6 Å². The molecule has 1 heterocycles. The van der Waals surface area contributed by atoms with Crippen LogP contribution in [0.5, 0.6) is 5.75 Å². The smallest absolute Gasteiger partial charge is 0.305 e. The Balaban J connectivity index is 1.69. The van der Waals surface area contributed by atoms with Crippen LogP contribution in [0.15, 0.2) is 30.3 Å². The van der Waals surface area contributed by atoms with E-state index in [4.69, 9.17) is 4.74 Å². The highest BCUT2D eigenvalue weighted by Crippen LogP contribution is 2.27. The third kappa shape index (κ3) is 8.62. The average Bonchev–Trinajstić information content (AvgIpc) is 3.21. The molecule has 44 heavy (non-hydrogen) atoms. The van der Waals surface area contributed by atoms with E-state index in [1.165, 1.54) is 0 Å². The molecule has 2 aromatic carbocycles. The largest absolute Gasteiger partial charge is 0.481 e. The first-order valence-corrected chi connectivity index (χ1v) is 13.6. The molecule has 238 valence electrons. The van der Waals surface area contributed by atoms with Gasteiger partial charge in [0.2, 0.25) is 17.4 Å². The maximum Gasteiger partial charge on any atom is 0.305 e. The second kappa shape index (κ2) is 14.4. The van der Waals surface area contributed by atoms with Gasteiger partial charge in [-0.3, -0.25) is 24.0 Å². The van der Waals surface area contributed by atoms with Crippen molar-refractivity contribution in [3.63, 3.8) is 0 Å². The van der Waals surface area contributed by atoms with E-state index in [0.29, 0.717) is 5.56 Å². The SMILES string of the molecule is CC(C)(C)c1ccccc1CC(=O)C(=O)N1CCCO[C@H](C(=O)N[C@@H](CC(=O)O)C(=O)COc2c(F)c(F)cc(F)c2F)C1. The van der Waals surface area contributed by atoms with Gasteiger partial charge in [-0.15, -0.1) is 0 Å². The second-order valence-electron chi connectivity index (χ2n) is 11.2. The highest BCUT2D eigenvalue weighted by atomic mass is 19.2. The number of carbonyl (C=O) groups is 5. The molecule has 2 N–H and O–H groups in total. The lowest BCUT2D eigenvalue weighted by Gasteiger charge is -2.25. The number of carboxylic acids is 1. The number of carbonyl (C=O) groups excluding carboxylic acids is 4. The van der Waals surface area contributed by atoms with Crippen molar-refractivity contribution in [1.29, 1.82) is 0 Å². The van der Waals surface area contributed by atoms with E-state index in [0.717, 1.165) is 10.5 Å². The van der Waals surface area contributed by atoms with E-state index in [9.17, 15) is 46.6 Å². The van der Waals surface area contributed by atoms with Gasteiger partial charge < -0.3 is 24.8 Å². The minimum Gasteiger partial charge on any atom is -0.481 e. The molecule has 1 aliphatic rings. The number of Topliss-reactive ketones (excluding diaryl/α,β-unsaturated/α-hetero) is 2. The minimum absolute atomic E-state index is 0.00669. The van der Waals surface area contributed by atoms with Gasteiger partial charge in [0.25, 0.3) is 11.8 Å². The van der Waals surface area contributed by atoms with Crippen LogP contribution < -0.4 is 10.1 Å². The molecule has 0 unspecified atom stereocenters. The Hall–Kier alpha value is -4.33. The van der Waals surface area contributed by atoms with Crippen LogP contribution in [0.3, 0.4) is 0 Å². The van der Waals surface area contributed by atoms with E-state index < -0.39 is 83.5 Å². The number of aliphatic carboxylic acids is 1. The number of nitrogens with one attached hydrogen (secondary N) is 1. The Kier molecular flexibility index (Phi) is 11.2. The molecule has 0 saturated carbocycles. The standard InChI is InChI=1S/C30H32F4N2O8/c1-30(2,3)17-8-5-4-7-16(17)11-21(37)29(42)36-9-6-10-43-23(14-36)28(41)35-20(13-24(39)40)22(38)15-44-27-25(33)18(31)12-19(32)26(27)34/h4-5,7-8,12,20,23H,6,9-11,13-15H2,1-3H3,(H,35,41)(H,39,40)/t20-,23-/m0/s1. The predicted octanol–water partition coefficient (Wildman–Crippen LogP) is 2.88. The van der Waals surface area contributed by atoms with E-state index in [1.54, 1.807) is 12.1 Å². The number of ketones is 2. The number of amides is 2. The van der Waals surface area contributed by atoms with Gasteiger partial charge in [0.1, 0.15) is 12.6 Å². The van der Waals surface area contributed by atoms with Gasteiger partial charge in [-0.1, -0.05) is 45.0 Å². The number of nitrogens with zero attached hydrogens (tertiary/aromatic N) is 1. The van der Waals surface area contributed by atoms with E-state index in [-0.39, 0.29) is 44.0 Å². The number of hydrogen-bond acceptors (Lipinski definition) is 7. The van der Waals surface area contributed by atoms with Crippen molar-refractivity contribution in [2.75, 3.05) is 26.3 Å². The molecule has 0 bridgehead atoms. The zero-order chi connectivity index (χ0) is 32.8. The molecule has 10 nitrogen and oxygen atoms in total. The number of rotatable bonds is 11. The van der Waals surface area contributed by atoms with Gasteiger partial charge in [0.05, 0.1) is 13.0 Å². The minimum atomic E-state index is -1.91. The maximum absolute atomic E-state index is 13.9. The molecule has 3 rings (SSSR count). The quantitative estimate of drug-likeness (QED) is 0.221. The normalized spacial score (nSPS) is 16.1. The topological polar surface area (TPSA) is 139 Å². The number of benzene rings is 2. The molecule has 0 aromatic heterocycles. The lowest BCUT2D eigenvalue weighted by Crippen LogP contribution is -2.52. The molecule has 2 aromatic rings. The summed E-state index contributed by atoms with van der Waals surface area (Å²) in [4.78, 5) is 64.3. The van der Waals surface area contributed by atoms with Gasteiger partial charge in [-0.05, 0) is 23.0 Å². The van der Waals surface area contributed by atoms with E-state index in [2.05, 4.69) is 10.1 Å². The van der Waals surface area contributed by atoms with Gasteiger partial charge >= 0.3 is 5.97 Å². The Morgan fingerprint density at radius 1 is 1.07 bits per heavy atom. The van der Waals surface area contributed by atoms with E-state index in [1.807, 2.05) is 32.9 Å². The van der Waals surface area contributed by atoms with Crippen molar-refractivity contribution in [2.45, 2.75) is 57.6 Å². The maximum atomic E-state index is 13.9. The predicted molar refractivity (Wildman–Crippen MR) is 146 cm³/mol. The molecule has 1 saturated heterocycles. The fourth-order valence-corrected chi connectivity index (χ4v) is 4.61. The molecule has 1 fully saturated rings. The lowest BCUT2D eigenvalue weighted by molar-refractivity contribution is -0.146. The highest BCUT2D eigenvalue weighted by Gasteiger charge is 2.34. The average molecular weight is 625 g/mol. The van der Waals surface area contributed by atoms with Crippen LogP contribution in [-0.2, 0) is 40.5 Å². The second-order valence-corrected chi connectivity index (χ2v) is 11.2. The molecule has 2 atom stereocenters. The molecule has 0 spiro atoms. The van der Waals surface area contributed by atoms with Crippen molar-refractivity contribution in [3.05, 3.63) is 64.7 Å². The molecule has 0 radical (unpaired) electrons. The number of carboxylic acid groups (broad SMARTS) is 1. The first-order chi connectivity index (χ1) is 20.6. The van der Waals surface area contributed by atoms with Crippen LogP contribution in [0.2, 0.25) is 0 Å². The zero-order valence-corrected chi connectivity index (χ0v) is 24.3. The highest BCUT2D eigenvalue weighted by molar-refractivity contribution is 6.36. The van der Waals surface area contributed by atoms with Crippen LogP contribution in [0.25, 0.3) is 0 Å². The third-order valence-electron chi connectivity index (χ3n) is 6.79. The van der Waals surface area contributed by atoms with Crippen LogP contribution >= 0.6 is 0 Å². The first kappa shape index (κ1) is 34.2. The van der Waals surface area contributed by atoms with Crippen LogP contribution in [0, 0.1) is 23.3 Å². The molecule has 0 aliphatic carbocycles.